The summed E-state index contributed by atoms with van der Waals surface area (Å²) >= 11 is 0. The molecule has 0 unspecified atom stereocenters. The zero-order chi connectivity index (χ0) is 12.4. The molecule has 2 aromatic heterocycles. The molecule has 2 aromatic rings. The average molecular weight is 246 g/mol. The van der Waals surface area contributed by atoms with Crippen LogP contribution in [0.4, 0.5) is 4.39 Å². The van der Waals surface area contributed by atoms with Crippen LogP contribution in [0.15, 0.2) is 31.0 Å². The Kier molecular flexibility index (Phi) is 3.06. The van der Waals surface area contributed by atoms with Gasteiger partial charge in [0.25, 0.3) is 0 Å². The quantitative estimate of drug-likeness (QED) is 0.873. The van der Waals surface area contributed by atoms with E-state index in [0.717, 1.165) is 17.8 Å². The second-order valence-electron chi connectivity index (χ2n) is 4.70. The van der Waals surface area contributed by atoms with Gasteiger partial charge in [-0.2, -0.15) is 0 Å². The number of imidazole rings is 1. The highest BCUT2D eigenvalue weighted by atomic mass is 19.1. The smallest absolute Gasteiger partial charge is 0.141 e. The van der Waals surface area contributed by atoms with E-state index in [2.05, 4.69) is 15.3 Å². The topological polar surface area (TPSA) is 42.7 Å². The lowest BCUT2D eigenvalue weighted by molar-refractivity contribution is 0.616. The molecule has 1 fully saturated rings. The Morgan fingerprint density at radius 2 is 2.28 bits per heavy atom. The van der Waals surface area contributed by atoms with Gasteiger partial charge >= 0.3 is 0 Å². The molecule has 2 heterocycles. The fourth-order valence-electron chi connectivity index (χ4n) is 1.87. The minimum absolute atomic E-state index is 0.303. The molecule has 0 radical (unpaired) electrons. The summed E-state index contributed by atoms with van der Waals surface area (Å²) in [5.41, 5.74) is 1.86. The van der Waals surface area contributed by atoms with Gasteiger partial charge in [-0.3, -0.25) is 4.98 Å². The van der Waals surface area contributed by atoms with Crippen LogP contribution in [0.1, 0.15) is 24.1 Å². The summed E-state index contributed by atoms with van der Waals surface area (Å²) in [7, 11) is 0. The number of aromatic nitrogens is 3. The fraction of sp³-hybridized carbons (Fsp3) is 0.385. The maximum Gasteiger partial charge on any atom is 0.141 e. The summed E-state index contributed by atoms with van der Waals surface area (Å²) in [6.45, 7) is 1.40. The Balaban J connectivity index is 1.61. The third kappa shape index (κ3) is 2.92. The van der Waals surface area contributed by atoms with Gasteiger partial charge in [0.2, 0.25) is 0 Å². The van der Waals surface area contributed by atoms with Gasteiger partial charge in [0.05, 0.1) is 24.8 Å². The van der Waals surface area contributed by atoms with E-state index in [9.17, 15) is 4.39 Å². The van der Waals surface area contributed by atoms with Crippen LogP contribution in [0, 0.1) is 5.82 Å². The first-order valence-corrected chi connectivity index (χ1v) is 6.13. The highest BCUT2D eigenvalue weighted by Crippen LogP contribution is 2.19. The summed E-state index contributed by atoms with van der Waals surface area (Å²) < 4.78 is 14.9. The van der Waals surface area contributed by atoms with E-state index in [0.29, 0.717) is 12.6 Å². The first-order valence-electron chi connectivity index (χ1n) is 6.13. The van der Waals surface area contributed by atoms with Gasteiger partial charge in [0, 0.05) is 25.0 Å². The highest BCUT2D eigenvalue weighted by molar-refractivity contribution is 5.11. The summed E-state index contributed by atoms with van der Waals surface area (Å²) in [4.78, 5) is 8.15. The number of nitrogens with zero attached hydrogens (tertiary/aromatic N) is 3. The third-order valence-corrected chi connectivity index (χ3v) is 2.96. The monoisotopic (exact) mass is 246 g/mol. The van der Waals surface area contributed by atoms with Crippen molar-refractivity contribution in [2.75, 3.05) is 0 Å². The molecule has 1 saturated carbocycles. The second-order valence-corrected chi connectivity index (χ2v) is 4.70. The Morgan fingerprint density at radius 3 is 3.06 bits per heavy atom. The molecule has 3 rings (SSSR count). The van der Waals surface area contributed by atoms with Crippen molar-refractivity contribution >= 4 is 0 Å². The van der Waals surface area contributed by atoms with Gasteiger partial charge in [-0.25, -0.2) is 9.37 Å². The summed E-state index contributed by atoms with van der Waals surface area (Å²) in [5.74, 6) is -0.303. The zero-order valence-electron chi connectivity index (χ0n) is 10.0. The predicted molar refractivity (Wildman–Crippen MR) is 65.4 cm³/mol. The number of hydrogen-bond acceptors (Lipinski definition) is 3. The second kappa shape index (κ2) is 4.86. The van der Waals surface area contributed by atoms with E-state index in [1.807, 2.05) is 10.8 Å². The molecule has 5 heteroatoms. The number of rotatable bonds is 5. The van der Waals surface area contributed by atoms with Crippen molar-refractivity contribution in [1.29, 1.82) is 0 Å². The maximum absolute atomic E-state index is 13.0. The van der Waals surface area contributed by atoms with Crippen molar-refractivity contribution < 1.29 is 4.39 Å². The van der Waals surface area contributed by atoms with Gasteiger partial charge in [-0.15, -0.1) is 0 Å². The standard InChI is InChI=1S/C13H15FN4/c14-11-3-10(4-15-5-11)7-18-8-13(17-9-18)6-16-12-1-2-12/h3-5,8-9,12,16H,1-2,6-7H2. The minimum Gasteiger partial charge on any atom is -0.333 e. The van der Waals surface area contributed by atoms with Crippen LogP contribution >= 0.6 is 0 Å². The summed E-state index contributed by atoms with van der Waals surface area (Å²) in [6, 6.07) is 2.18. The van der Waals surface area contributed by atoms with Crippen molar-refractivity contribution in [1.82, 2.24) is 19.9 Å². The van der Waals surface area contributed by atoms with E-state index < -0.39 is 0 Å². The highest BCUT2D eigenvalue weighted by Gasteiger charge is 2.20. The molecule has 0 amide bonds. The molecule has 0 atom stereocenters. The normalized spacial score (nSPS) is 14.9. The Hall–Kier alpha value is -1.75. The Morgan fingerprint density at radius 1 is 1.39 bits per heavy atom. The fourth-order valence-corrected chi connectivity index (χ4v) is 1.87. The van der Waals surface area contributed by atoms with E-state index in [4.69, 9.17) is 0 Å². The lowest BCUT2D eigenvalue weighted by Crippen LogP contribution is -2.15. The van der Waals surface area contributed by atoms with Crippen molar-refractivity contribution in [2.24, 2.45) is 0 Å². The van der Waals surface area contributed by atoms with Crippen LogP contribution in [-0.4, -0.2) is 20.6 Å². The van der Waals surface area contributed by atoms with E-state index in [1.165, 1.54) is 25.1 Å². The van der Waals surface area contributed by atoms with Crippen LogP contribution in [-0.2, 0) is 13.1 Å². The van der Waals surface area contributed by atoms with Crippen LogP contribution in [0.3, 0.4) is 0 Å². The molecule has 1 aliphatic carbocycles. The molecule has 0 bridgehead atoms. The molecular formula is C13H15FN4. The molecule has 0 spiro atoms. The molecule has 0 saturated heterocycles. The molecule has 18 heavy (non-hydrogen) atoms. The van der Waals surface area contributed by atoms with Crippen LogP contribution < -0.4 is 5.32 Å². The Labute approximate surface area is 105 Å². The molecule has 0 aliphatic heterocycles. The number of halogens is 1. The van der Waals surface area contributed by atoms with Crippen LogP contribution in [0.2, 0.25) is 0 Å². The third-order valence-electron chi connectivity index (χ3n) is 2.96. The minimum atomic E-state index is -0.303. The van der Waals surface area contributed by atoms with Crippen molar-refractivity contribution in [3.8, 4) is 0 Å². The average Bonchev–Trinajstić information content (AvgIpc) is 3.08. The van der Waals surface area contributed by atoms with E-state index in [1.54, 1.807) is 12.5 Å². The van der Waals surface area contributed by atoms with Crippen molar-refractivity contribution in [2.45, 2.75) is 32.0 Å². The van der Waals surface area contributed by atoms with E-state index in [-0.39, 0.29) is 5.82 Å². The molecule has 94 valence electrons. The van der Waals surface area contributed by atoms with E-state index >= 15 is 0 Å². The summed E-state index contributed by atoms with van der Waals surface area (Å²) in [6.07, 6.45) is 9.19. The van der Waals surface area contributed by atoms with Crippen LogP contribution in [0.5, 0.6) is 0 Å². The first kappa shape index (κ1) is 11.3. The molecule has 1 aliphatic rings. The first-order chi connectivity index (χ1) is 8.79. The van der Waals surface area contributed by atoms with Gasteiger partial charge in [-0.05, 0) is 24.5 Å². The van der Waals surface area contributed by atoms with Crippen molar-refractivity contribution in [3.63, 3.8) is 0 Å². The van der Waals surface area contributed by atoms with Crippen LogP contribution in [0.25, 0.3) is 0 Å². The number of pyridine rings is 1. The predicted octanol–water partition coefficient (Wildman–Crippen LogP) is 1.72. The summed E-state index contributed by atoms with van der Waals surface area (Å²) in [5, 5.41) is 3.41. The Bertz CT molecular complexity index is 533. The zero-order valence-corrected chi connectivity index (χ0v) is 10.0. The molecular weight excluding hydrogens is 231 g/mol. The number of hydrogen-bond donors (Lipinski definition) is 1. The lowest BCUT2D eigenvalue weighted by Gasteiger charge is -2.01. The largest absolute Gasteiger partial charge is 0.333 e. The van der Waals surface area contributed by atoms with Gasteiger partial charge in [-0.1, -0.05) is 0 Å². The van der Waals surface area contributed by atoms with Crippen molar-refractivity contribution in [3.05, 3.63) is 48.1 Å². The molecule has 0 aromatic carbocycles. The molecule has 1 N–H and O–H groups in total. The molecule has 4 nitrogen and oxygen atoms in total. The van der Waals surface area contributed by atoms with Gasteiger partial charge in [0.1, 0.15) is 5.82 Å². The lowest BCUT2D eigenvalue weighted by atomic mass is 10.3. The SMILES string of the molecule is Fc1cncc(Cn2cnc(CNC3CC3)c2)c1. The van der Waals surface area contributed by atoms with Gasteiger partial charge in [0.15, 0.2) is 0 Å². The van der Waals surface area contributed by atoms with Gasteiger partial charge < -0.3 is 9.88 Å². The maximum atomic E-state index is 13.0. The number of nitrogens with one attached hydrogen (secondary N) is 1.